The Balaban J connectivity index is 1.64. The van der Waals surface area contributed by atoms with Gasteiger partial charge in [0.05, 0.1) is 18.8 Å². The summed E-state index contributed by atoms with van der Waals surface area (Å²) in [5, 5.41) is 0. The number of fused-ring (bicyclic) bond motifs is 1. The van der Waals surface area contributed by atoms with Gasteiger partial charge in [-0.25, -0.2) is 9.97 Å². The molecule has 0 bridgehead atoms. The SMILES string of the molecule is COc1ccnc(N2CCC[C@@H]2c2nc3c([nH]2)CCCC3)n1. The lowest BCUT2D eigenvalue weighted by molar-refractivity contribution is 0.396. The number of methoxy groups -OCH3 is 1. The topological polar surface area (TPSA) is 66.9 Å². The largest absolute Gasteiger partial charge is 0.481 e. The van der Waals surface area contributed by atoms with Crippen LogP contribution in [0.2, 0.25) is 0 Å². The van der Waals surface area contributed by atoms with Crippen LogP contribution in [0.25, 0.3) is 0 Å². The van der Waals surface area contributed by atoms with Crippen molar-refractivity contribution in [1.29, 1.82) is 0 Å². The molecule has 1 atom stereocenters. The van der Waals surface area contributed by atoms with Gasteiger partial charge in [-0.2, -0.15) is 4.98 Å². The summed E-state index contributed by atoms with van der Waals surface area (Å²) < 4.78 is 5.22. The normalized spacial score (nSPS) is 21.0. The van der Waals surface area contributed by atoms with Crippen LogP contribution in [0.15, 0.2) is 12.3 Å². The van der Waals surface area contributed by atoms with E-state index in [-0.39, 0.29) is 6.04 Å². The summed E-state index contributed by atoms with van der Waals surface area (Å²) in [4.78, 5) is 19.6. The molecule has 2 aromatic rings. The third-order valence-electron chi connectivity index (χ3n) is 4.62. The van der Waals surface area contributed by atoms with Gasteiger partial charge < -0.3 is 14.6 Å². The zero-order valence-corrected chi connectivity index (χ0v) is 12.9. The fourth-order valence-corrected chi connectivity index (χ4v) is 3.51. The molecule has 0 saturated carbocycles. The Morgan fingerprint density at radius 1 is 1.23 bits per heavy atom. The summed E-state index contributed by atoms with van der Waals surface area (Å²) in [5.41, 5.74) is 2.60. The first-order valence-corrected chi connectivity index (χ1v) is 8.06. The zero-order chi connectivity index (χ0) is 14.9. The van der Waals surface area contributed by atoms with E-state index in [1.54, 1.807) is 19.4 Å². The minimum atomic E-state index is 0.248. The number of aromatic nitrogens is 4. The molecule has 3 heterocycles. The smallest absolute Gasteiger partial charge is 0.229 e. The van der Waals surface area contributed by atoms with Gasteiger partial charge in [-0.05, 0) is 38.5 Å². The molecule has 22 heavy (non-hydrogen) atoms. The van der Waals surface area contributed by atoms with Crippen LogP contribution in [-0.2, 0) is 12.8 Å². The molecule has 1 fully saturated rings. The average Bonchev–Trinajstić information content (AvgIpc) is 3.21. The van der Waals surface area contributed by atoms with Crippen LogP contribution in [0.4, 0.5) is 5.95 Å². The molecular formula is C16H21N5O. The van der Waals surface area contributed by atoms with Crippen LogP contribution < -0.4 is 9.64 Å². The highest BCUT2D eigenvalue weighted by Crippen LogP contribution is 2.34. The van der Waals surface area contributed by atoms with Gasteiger partial charge in [-0.15, -0.1) is 0 Å². The second-order valence-electron chi connectivity index (χ2n) is 6.00. The van der Waals surface area contributed by atoms with Crippen LogP contribution in [0.3, 0.4) is 0 Å². The predicted octanol–water partition coefficient (Wildman–Crippen LogP) is 2.43. The lowest BCUT2D eigenvalue weighted by atomic mass is 10.0. The highest BCUT2D eigenvalue weighted by Gasteiger charge is 2.31. The lowest BCUT2D eigenvalue weighted by Crippen LogP contribution is -2.25. The van der Waals surface area contributed by atoms with Crippen LogP contribution in [0.5, 0.6) is 5.88 Å². The van der Waals surface area contributed by atoms with Crippen molar-refractivity contribution < 1.29 is 4.74 Å². The number of aryl methyl sites for hydroxylation is 2. The van der Waals surface area contributed by atoms with Gasteiger partial charge in [0.15, 0.2) is 0 Å². The van der Waals surface area contributed by atoms with E-state index in [1.807, 2.05) is 0 Å². The van der Waals surface area contributed by atoms with Gasteiger partial charge in [0.2, 0.25) is 11.8 Å². The molecule has 1 aliphatic carbocycles. The van der Waals surface area contributed by atoms with Crippen LogP contribution >= 0.6 is 0 Å². The molecule has 6 heteroatoms. The number of aromatic amines is 1. The molecule has 4 rings (SSSR count). The fraction of sp³-hybridized carbons (Fsp3) is 0.562. The molecule has 0 radical (unpaired) electrons. The van der Waals surface area contributed by atoms with Crippen LogP contribution in [-0.4, -0.2) is 33.6 Å². The number of hydrogen-bond donors (Lipinski definition) is 1. The van der Waals surface area contributed by atoms with Crippen molar-refractivity contribution in [3.63, 3.8) is 0 Å². The number of hydrogen-bond acceptors (Lipinski definition) is 5. The third-order valence-corrected chi connectivity index (χ3v) is 4.62. The summed E-state index contributed by atoms with van der Waals surface area (Å²) in [7, 11) is 1.63. The van der Waals surface area contributed by atoms with Gasteiger partial charge in [-0.3, -0.25) is 0 Å². The predicted molar refractivity (Wildman–Crippen MR) is 83.1 cm³/mol. The van der Waals surface area contributed by atoms with Gasteiger partial charge in [-0.1, -0.05) is 0 Å². The second kappa shape index (κ2) is 5.59. The van der Waals surface area contributed by atoms with Crippen molar-refractivity contribution >= 4 is 5.95 Å². The number of imidazole rings is 1. The summed E-state index contributed by atoms with van der Waals surface area (Å²) in [6, 6.07) is 2.03. The Morgan fingerprint density at radius 2 is 2.14 bits per heavy atom. The van der Waals surface area contributed by atoms with Gasteiger partial charge in [0, 0.05) is 24.5 Å². The Hall–Kier alpha value is -2.11. The number of anilines is 1. The number of ether oxygens (including phenoxy) is 1. The Morgan fingerprint density at radius 3 is 3.00 bits per heavy atom. The molecule has 0 unspecified atom stereocenters. The zero-order valence-electron chi connectivity index (χ0n) is 12.9. The van der Waals surface area contributed by atoms with Crippen LogP contribution in [0, 0.1) is 0 Å². The first kappa shape index (κ1) is 13.5. The van der Waals surface area contributed by atoms with E-state index in [0.717, 1.165) is 44.0 Å². The molecule has 0 amide bonds. The van der Waals surface area contributed by atoms with Crippen molar-refractivity contribution in [3.8, 4) is 5.88 Å². The van der Waals surface area contributed by atoms with Crippen molar-refractivity contribution in [1.82, 2.24) is 19.9 Å². The molecule has 1 saturated heterocycles. The summed E-state index contributed by atoms with van der Waals surface area (Å²) >= 11 is 0. The molecule has 0 spiro atoms. The Bertz CT molecular complexity index is 645. The van der Waals surface area contributed by atoms with E-state index >= 15 is 0 Å². The van der Waals surface area contributed by atoms with Crippen molar-refractivity contribution in [3.05, 3.63) is 29.5 Å². The van der Waals surface area contributed by atoms with Crippen molar-refractivity contribution in [2.45, 2.75) is 44.6 Å². The Kier molecular flexibility index (Phi) is 3.44. The molecule has 6 nitrogen and oxygen atoms in total. The van der Waals surface area contributed by atoms with Crippen molar-refractivity contribution in [2.75, 3.05) is 18.6 Å². The fourth-order valence-electron chi connectivity index (χ4n) is 3.51. The molecule has 1 N–H and O–H groups in total. The summed E-state index contributed by atoms with van der Waals surface area (Å²) in [6.07, 6.45) is 8.73. The highest BCUT2D eigenvalue weighted by molar-refractivity contribution is 5.37. The molecule has 2 aliphatic rings. The van der Waals surface area contributed by atoms with E-state index in [1.165, 1.54) is 24.2 Å². The average molecular weight is 299 g/mol. The van der Waals surface area contributed by atoms with E-state index in [0.29, 0.717) is 5.88 Å². The molecular weight excluding hydrogens is 278 g/mol. The number of nitrogens with zero attached hydrogens (tertiary/aromatic N) is 4. The number of rotatable bonds is 3. The highest BCUT2D eigenvalue weighted by atomic mass is 16.5. The first-order valence-electron chi connectivity index (χ1n) is 8.06. The van der Waals surface area contributed by atoms with Crippen LogP contribution in [0.1, 0.15) is 48.9 Å². The quantitative estimate of drug-likeness (QED) is 0.943. The first-order chi connectivity index (χ1) is 10.8. The van der Waals surface area contributed by atoms with E-state index in [4.69, 9.17) is 9.72 Å². The van der Waals surface area contributed by atoms with E-state index < -0.39 is 0 Å². The molecule has 2 aromatic heterocycles. The number of nitrogens with one attached hydrogen (secondary N) is 1. The maximum Gasteiger partial charge on any atom is 0.229 e. The maximum absolute atomic E-state index is 5.22. The summed E-state index contributed by atoms with van der Waals surface area (Å²) in [6.45, 7) is 0.962. The minimum Gasteiger partial charge on any atom is -0.481 e. The Labute approximate surface area is 130 Å². The van der Waals surface area contributed by atoms with E-state index in [2.05, 4.69) is 19.9 Å². The molecule has 1 aliphatic heterocycles. The second-order valence-corrected chi connectivity index (χ2v) is 6.00. The third kappa shape index (κ3) is 2.32. The minimum absolute atomic E-state index is 0.248. The molecule has 116 valence electrons. The van der Waals surface area contributed by atoms with E-state index in [9.17, 15) is 0 Å². The number of H-pyrrole nitrogens is 1. The van der Waals surface area contributed by atoms with Crippen molar-refractivity contribution in [2.24, 2.45) is 0 Å². The van der Waals surface area contributed by atoms with Gasteiger partial charge in [0.25, 0.3) is 0 Å². The van der Waals surface area contributed by atoms with Gasteiger partial charge >= 0.3 is 0 Å². The summed E-state index contributed by atoms with van der Waals surface area (Å²) in [5.74, 6) is 2.42. The maximum atomic E-state index is 5.22. The monoisotopic (exact) mass is 299 g/mol. The van der Waals surface area contributed by atoms with Gasteiger partial charge in [0.1, 0.15) is 5.82 Å². The standard InChI is InChI=1S/C16H21N5O/c1-22-14-8-9-17-16(20-14)21-10-4-7-13(21)15-18-11-5-2-3-6-12(11)19-15/h8-9,13H,2-7,10H2,1H3,(H,18,19)/t13-/m1/s1. The molecule has 0 aromatic carbocycles. The lowest BCUT2D eigenvalue weighted by Gasteiger charge is -2.23.